The maximum atomic E-state index is 11.7. The van der Waals surface area contributed by atoms with Crippen molar-refractivity contribution < 1.29 is 29.2 Å². The van der Waals surface area contributed by atoms with Gasteiger partial charge in [-0.2, -0.15) is 0 Å². The SMILES string of the molecule is CC(C)NC(=O)OC[C@H]1O[C@@H](n2cnc3c(N[C@@H]4CCOC4)ncnc32)[C@H](O)[C@@H]1O. The zero-order valence-corrected chi connectivity index (χ0v) is 16.8. The van der Waals surface area contributed by atoms with Crippen LogP contribution in [0.5, 0.6) is 0 Å². The van der Waals surface area contributed by atoms with Gasteiger partial charge in [-0.25, -0.2) is 19.7 Å². The highest BCUT2D eigenvalue weighted by molar-refractivity contribution is 5.82. The van der Waals surface area contributed by atoms with E-state index in [1.165, 1.54) is 17.2 Å². The molecule has 0 unspecified atom stereocenters. The number of aliphatic hydroxyl groups excluding tert-OH is 2. The zero-order chi connectivity index (χ0) is 21.3. The molecular formula is C18H26N6O6. The van der Waals surface area contributed by atoms with Gasteiger partial charge in [-0.05, 0) is 20.3 Å². The molecular weight excluding hydrogens is 396 g/mol. The predicted molar refractivity (Wildman–Crippen MR) is 104 cm³/mol. The van der Waals surface area contributed by atoms with Gasteiger partial charge in [0.1, 0.15) is 31.2 Å². The van der Waals surface area contributed by atoms with Gasteiger partial charge in [0, 0.05) is 12.6 Å². The summed E-state index contributed by atoms with van der Waals surface area (Å²) in [5.41, 5.74) is 0.965. The Morgan fingerprint density at radius 3 is 2.90 bits per heavy atom. The fourth-order valence-corrected chi connectivity index (χ4v) is 3.52. The first-order valence-corrected chi connectivity index (χ1v) is 9.90. The van der Waals surface area contributed by atoms with Crippen molar-refractivity contribution in [2.24, 2.45) is 0 Å². The van der Waals surface area contributed by atoms with Gasteiger partial charge < -0.3 is 35.1 Å². The lowest BCUT2D eigenvalue weighted by Crippen LogP contribution is -2.37. The van der Waals surface area contributed by atoms with E-state index in [4.69, 9.17) is 14.2 Å². The van der Waals surface area contributed by atoms with Crippen molar-refractivity contribution >= 4 is 23.1 Å². The molecule has 0 aliphatic carbocycles. The summed E-state index contributed by atoms with van der Waals surface area (Å²) in [5, 5.41) is 26.8. The van der Waals surface area contributed by atoms with Gasteiger partial charge in [-0.3, -0.25) is 4.57 Å². The van der Waals surface area contributed by atoms with Crippen LogP contribution in [0.25, 0.3) is 11.2 Å². The molecule has 5 atom stereocenters. The molecule has 164 valence electrons. The summed E-state index contributed by atoms with van der Waals surface area (Å²) >= 11 is 0. The summed E-state index contributed by atoms with van der Waals surface area (Å²) in [5.74, 6) is 0.563. The zero-order valence-electron chi connectivity index (χ0n) is 16.8. The first-order valence-electron chi connectivity index (χ1n) is 9.90. The number of amides is 1. The van der Waals surface area contributed by atoms with Crippen LogP contribution >= 0.6 is 0 Å². The lowest BCUT2D eigenvalue weighted by Gasteiger charge is -2.17. The Labute approximate surface area is 172 Å². The van der Waals surface area contributed by atoms with Crippen LogP contribution in [-0.2, 0) is 14.2 Å². The normalized spacial score (nSPS) is 28.9. The summed E-state index contributed by atoms with van der Waals surface area (Å²) in [7, 11) is 0. The molecule has 0 aromatic carbocycles. The molecule has 12 heteroatoms. The Kier molecular flexibility index (Phi) is 5.99. The number of carbonyl (C=O) groups excluding carboxylic acids is 1. The summed E-state index contributed by atoms with van der Waals surface area (Å²) < 4.78 is 17.8. The molecule has 2 fully saturated rings. The molecule has 4 heterocycles. The molecule has 12 nitrogen and oxygen atoms in total. The van der Waals surface area contributed by atoms with Crippen molar-refractivity contribution in [2.45, 2.75) is 56.9 Å². The Bertz CT molecular complexity index is 885. The van der Waals surface area contributed by atoms with Gasteiger partial charge in [0.05, 0.1) is 19.0 Å². The number of hydrogen-bond donors (Lipinski definition) is 4. The van der Waals surface area contributed by atoms with Gasteiger partial charge >= 0.3 is 6.09 Å². The second-order valence-corrected chi connectivity index (χ2v) is 7.69. The van der Waals surface area contributed by atoms with Gasteiger partial charge in [-0.1, -0.05) is 0 Å². The van der Waals surface area contributed by atoms with Crippen LogP contribution in [0.1, 0.15) is 26.5 Å². The molecule has 0 radical (unpaired) electrons. The summed E-state index contributed by atoms with van der Waals surface area (Å²) in [6.07, 6.45) is -1.20. The average Bonchev–Trinajstić information content (AvgIpc) is 3.42. The second kappa shape index (κ2) is 8.68. The Morgan fingerprint density at radius 2 is 2.17 bits per heavy atom. The van der Waals surface area contributed by atoms with Gasteiger partial charge in [0.15, 0.2) is 23.2 Å². The monoisotopic (exact) mass is 422 g/mol. The first-order chi connectivity index (χ1) is 14.4. The standard InChI is InChI=1S/C18H26N6O6/c1-9(2)22-18(27)29-6-11-13(25)14(26)17(30-11)24-8-21-12-15(19-7-20-16(12)24)23-10-3-4-28-5-10/h7-11,13-14,17,25-26H,3-6H2,1-2H3,(H,22,27)(H,19,20,23)/t10-,11-,13-,14-,17-/m1/s1. The Morgan fingerprint density at radius 1 is 1.33 bits per heavy atom. The number of ether oxygens (including phenoxy) is 3. The highest BCUT2D eigenvalue weighted by atomic mass is 16.6. The van der Waals surface area contributed by atoms with E-state index in [9.17, 15) is 15.0 Å². The number of fused-ring (bicyclic) bond motifs is 1. The van der Waals surface area contributed by atoms with Crippen LogP contribution in [0.3, 0.4) is 0 Å². The van der Waals surface area contributed by atoms with Crippen LogP contribution in [0.4, 0.5) is 10.6 Å². The van der Waals surface area contributed by atoms with Crippen molar-refractivity contribution in [2.75, 3.05) is 25.1 Å². The fraction of sp³-hybridized carbons (Fsp3) is 0.667. The molecule has 1 amide bonds. The fourth-order valence-electron chi connectivity index (χ4n) is 3.52. The average molecular weight is 422 g/mol. The van der Waals surface area contributed by atoms with E-state index in [-0.39, 0.29) is 18.7 Å². The summed E-state index contributed by atoms with van der Waals surface area (Å²) in [6.45, 7) is 4.69. The quantitative estimate of drug-likeness (QED) is 0.491. The van der Waals surface area contributed by atoms with Crippen molar-refractivity contribution in [3.63, 3.8) is 0 Å². The van der Waals surface area contributed by atoms with Crippen LogP contribution in [0.15, 0.2) is 12.7 Å². The minimum Gasteiger partial charge on any atom is -0.447 e. The topological polar surface area (TPSA) is 153 Å². The van der Waals surface area contributed by atoms with Gasteiger partial charge in [0.25, 0.3) is 0 Å². The van der Waals surface area contributed by atoms with Gasteiger partial charge in [-0.15, -0.1) is 0 Å². The van der Waals surface area contributed by atoms with E-state index in [2.05, 4.69) is 25.6 Å². The predicted octanol–water partition coefficient (Wildman–Crippen LogP) is -0.219. The Hall–Kier alpha value is -2.54. The summed E-state index contributed by atoms with van der Waals surface area (Å²) in [4.78, 5) is 24.6. The van der Waals surface area contributed by atoms with Crippen molar-refractivity contribution in [1.29, 1.82) is 0 Å². The molecule has 0 spiro atoms. The number of alkyl carbamates (subject to hydrolysis) is 1. The van der Waals surface area contributed by atoms with E-state index in [0.29, 0.717) is 30.2 Å². The molecule has 2 aromatic heterocycles. The van der Waals surface area contributed by atoms with Crippen molar-refractivity contribution in [3.05, 3.63) is 12.7 Å². The summed E-state index contributed by atoms with van der Waals surface area (Å²) in [6, 6.07) is 0.0581. The van der Waals surface area contributed by atoms with Gasteiger partial charge in [0.2, 0.25) is 0 Å². The number of nitrogens with one attached hydrogen (secondary N) is 2. The molecule has 2 aromatic rings. The van der Waals surface area contributed by atoms with Crippen molar-refractivity contribution in [3.8, 4) is 0 Å². The molecule has 2 aliphatic heterocycles. The van der Waals surface area contributed by atoms with E-state index in [1.807, 2.05) is 0 Å². The van der Waals surface area contributed by atoms with Crippen LogP contribution < -0.4 is 10.6 Å². The molecule has 4 N–H and O–H groups in total. The smallest absolute Gasteiger partial charge is 0.407 e. The minimum absolute atomic E-state index is 0.0825. The van der Waals surface area contributed by atoms with E-state index in [0.717, 1.165) is 6.42 Å². The van der Waals surface area contributed by atoms with Crippen molar-refractivity contribution in [1.82, 2.24) is 24.8 Å². The van der Waals surface area contributed by atoms with Crippen LogP contribution in [-0.4, -0.2) is 86.0 Å². The lowest BCUT2D eigenvalue weighted by atomic mass is 10.1. The number of rotatable bonds is 6. The number of anilines is 1. The third-order valence-electron chi connectivity index (χ3n) is 5.03. The number of hydrogen-bond acceptors (Lipinski definition) is 10. The second-order valence-electron chi connectivity index (χ2n) is 7.69. The van der Waals surface area contributed by atoms with Crippen LogP contribution in [0.2, 0.25) is 0 Å². The minimum atomic E-state index is -1.25. The first kappa shape index (κ1) is 20.7. The van der Waals surface area contributed by atoms with E-state index < -0.39 is 30.6 Å². The van der Waals surface area contributed by atoms with Crippen LogP contribution in [0, 0.1) is 0 Å². The van der Waals surface area contributed by atoms with E-state index >= 15 is 0 Å². The molecule has 0 saturated carbocycles. The lowest BCUT2D eigenvalue weighted by molar-refractivity contribution is -0.0534. The molecule has 2 saturated heterocycles. The largest absolute Gasteiger partial charge is 0.447 e. The number of imidazole rings is 1. The third kappa shape index (κ3) is 4.17. The highest BCUT2D eigenvalue weighted by Crippen LogP contribution is 2.32. The maximum Gasteiger partial charge on any atom is 0.407 e. The van der Waals surface area contributed by atoms with E-state index in [1.54, 1.807) is 13.8 Å². The molecule has 30 heavy (non-hydrogen) atoms. The number of aliphatic hydroxyl groups is 2. The highest BCUT2D eigenvalue weighted by Gasteiger charge is 2.45. The molecule has 4 rings (SSSR count). The third-order valence-corrected chi connectivity index (χ3v) is 5.03. The maximum absolute atomic E-state index is 11.7. The number of aromatic nitrogens is 4. The Balaban J connectivity index is 1.48. The molecule has 0 bridgehead atoms. The number of nitrogens with zero attached hydrogens (tertiary/aromatic N) is 4. The molecule has 2 aliphatic rings. The number of carbonyl (C=O) groups is 1.